The second kappa shape index (κ2) is 6.61. The van der Waals surface area contributed by atoms with E-state index in [-0.39, 0.29) is 5.91 Å². The molecule has 5 heteroatoms. The number of para-hydroxylation sites is 1. The Morgan fingerprint density at radius 2 is 1.81 bits per heavy atom. The first kappa shape index (κ1) is 16.8. The van der Waals surface area contributed by atoms with E-state index in [4.69, 9.17) is 5.73 Å². The second-order valence-corrected chi connectivity index (χ2v) is 6.60. The molecule has 0 saturated carbocycles. The van der Waals surface area contributed by atoms with Crippen LogP contribution in [0.5, 0.6) is 0 Å². The van der Waals surface area contributed by atoms with Crippen LogP contribution < -0.4 is 11.1 Å². The largest absolute Gasteiger partial charge is 0.399 e. The molecule has 3 aromatic carbocycles. The molecule has 0 fully saturated rings. The Bertz CT molecular complexity index is 1150. The Hall–Kier alpha value is -3.60. The first-order valence-electron chi connectivity index (χ1n) is 8.72. The number of aromatic nitrogens is 2. The van der Waals surface area contributed by atoms with Crippen molar-refractivity contribution in [3.8, 4) is 11.3 Å². The van der Waals surface area contributed by atoms with Crippen LogP contribution in [0.4, 0.5) is 11.4 Å². The van der Waals surface area contributed by atoms with Gasteiger partial charge >= 0.3 is 0 Å². The molecule has 0 spiro atoms. The number of fused-ring (bicyclic) bond motifs is 1. The minimum absolute atomic E-state index is 0.146. The number of amides is 1. The Morgan fingerprint density at radius 3 is 2.56 bits per heavy atom. The molecule has 0 radical (unpaired) electrons. The minimum atomic E-state index is -0.146. The van der Waals surface area contributed by atoms with E-state index in [1.165, 1.54) is 0 Å². The number of hydrogen-bond donors (Lipinski definition) is 2. The van der Waals surface area contributed by atoms with Crippen molar-refractivity contribution in [2.75, 3.05) is 11.1 Å². The molecule has 4 rings (SSSR count). The highest BCUT2D eigenvalue weighted by Gasteiger charge is 2.15. The highest BCUT2D eigenvalue weighted by molar-refractivity contribution is 6.07. The third kappa shape index (κ3) is 3.15. The van der Waals surface area contributed by atoms with Gasteiger partial charge in [0.15, 0.2) is 0 Å². The van der Waals surface area contributed by atoms with Gasteiger partial charge in [0, 0.05) is 34.9 Å². The molecular formula is C22H20N4O. The van der Waals surface area contributed by atoms with Crippen molar-refractivity contribution in [1.82, 2.24) is 9.78 Å². The van der Waals surface area contributed by atoms with Crippen molar-refractivity contribution < 1.29 is 4.79 Å². The Morgan fingerprint density at radius 1 is 1.04 bits per heavy atom. The Kier molecular flexibility index (Phi) is 4.12. The molecule has 4 aromatic rings. The van der Waals surface area contributed by atoms with Gasteiger partial charge in [0.2, 0.25) is 0 Å². The lowest BCUT2D eigenvalue weighted by Crippen LogP contribution is -2.11. The molecule has 0 aliphatic heterocycles. The van der Waals surface area contributed by atoms with Gasteiger partial charge in [0.25, 0.3) is 5.91 Å². The van der Waals surface area contributed by atoms with E-state index in [0.29, 0.717) is 5.56 Å². The summed E-state index contributed by atoms with van der Waals surface area (Å²) in [5.74, 6) is -0.146. The van der Waals surface area contributed by atoms with E-state index in [2.05, 4.69) is 10.4 Å². The number of anilines is 2. The first-order chi connectivity index (χ1) is 13.0. The number of carbonyl (C=O) groups is 1. The van der Waals surface area contributed by atoms with E-state index < -0.39 is 0 Å². The summed E-state index contributed by atoms with van der Waals surface area (Å²) in [6.07, 6.45) is 0. The number of nitrogens with two attached hydrogens (primary N) is 1. The van der Waals surface area contributed by atoms with Gasteiger partial charge in [-0.25, -0.2) is 0 Å². The number of rotatable bonds is 3. The van der Waals surface area contributed by atoms with Gasteiger partial charge < -0.3 is 11.1 Å². The highest BCUT2D eigenvalue weighted by atomic mass is 16.1. The van der Waals surface area contributed by atoms with Crippen molar-refractivity contribution in [3.05, 3.63) is 77.9 Å². The van der Waals surface area contributed by atoms with Crippen molar-refractivity contribution in [3.63, 3.8) is 0 Å². The van der Waals surface area contributed by atoms with Crippen LogP contribution in [0.15, 0.2) is 66.7 Å². The van der Waals surface area contributed by atoms with E-state index in [9.17, 15) is 4.79 Å². The molecule has 3 N–H and O–H groups in total. The molecule has 134 valence electrons. The zero-order valence-electron chi connectivity index (χ0n) is 15.2. The maximum Gasteiger partial charge on any atom is 0.255 e. The first-order valence-corrected chi connectivity index (χ1v) is 8.72. The SMILES string of the molecule is Cc1cc(N)ccc1-c1nn(C)c2ccc(C(=O)Nc3ccccc3)cc12. The summed E-state index contributed by atoms with van der Waals surface area (Å²) in [5.41, 5.74) is 11.8. The summed E-state index contributed by atoms with van der Waals surface area (Å²) in [6, 6.07) is 20.8. The zero-order valence-corrected chi connectivity index (χ0v) is 15.2. The van der Waals surface area contributed by atoms with Gasteiger partial charge in [0.05, 0.1) is 5.52 Å². The average Bonchev–Trinajstić information content (AvgIpc) is 2.98. The third-order valence-electron chi connectivity index (χ3n) is 4.65. The van der Waals surface area contributed by atoms with Crippen LogP contribution in [0.1, 0.15) is 15.9 Å². The average molecular weight is 356 g/mol. The molecule has 0 aliphatic rings. The Balaban J connectivity index is 1.78. The van der Waals surface area contributed by atoms with Crippen LogP contribution in [0.25, 0.3) is 22.2 Å². The molecular weight excluding hydrogens is 336 g/mol. The topological polar surface area (TPSA) is 72.9 Å². The fourth-order valence-electron chi connectivity index (χ4n) is 3.28. The lowest BCUT2D eigenvalue weighted by molar-refractivity contribution is 0.102. The molecule has 1 amide bonds. The van der Waals surface area contributed by atoms with Crippen LogP contribution in [0.3, 0.4) is 0 Å². The van der Waals surface area contributed by atoms with Gasteiger partial charge in [-0.2, -0.15) is 5.10 Å². The summed E-state index contributed by atoms with van der Waals surface area (Å²) >= 11 is 0. The fourth-order valence-corrected chi connectivity index (χ4v) is 3.28. The molecule has 1 heterocycles. The maximum absolute atomic E-state index is 12.7. The quantitative estimate of drug-likeness (QED) is 0.535. The van der Waals surface area contributed by atoms with Crippen molar-refractivity contribution in [2.24, 2.45) is 7.05 Å². The molecule has 0 saturated heterocycles. The zero-order chi connectivity index (χ0) is 19.0. The predicted octanol–water partition coefficient (Wildman–Crippen LogP) is 4.38. The van der Waals surface area contributed by atoms with Gasteiger partial charge in [-0.3, -0.25) is 9.48 Å². The molecule has 0 aliphatic carbocycles. The number of nitrogens with one attached hydrogen (secondary N) is 1. The Labute approximate surface area is 157 Å². The minimum Gasteiger partial charge on any atom is -0.399 e. The second-order valence-electron chi connectivity index (χ2n) is 6.60. The van der Waals surface area contributed by atoms with Gasteiger partial charge in [0.1, 0.15) is 5.69 Å². The number of benzene rings is 3. The molecule has 5 nitrogen and oxygen atoms in total. The van der Waals surface area contributed by atoms with E-state index in [1.54, 1.807) is 0 Å². The number of nitrogens with zero attached hydrogens (tertiary/aromatic N) is 2. The van der Waals surface area contributed by atoms with E-state index in [0.717, 1.165) is 39.1 Å². The summed E-state index contributed by atoms with van der Waals surface area (Å²) in [7, 11) is 1.90. The molecule has 0 bridgehead atoms. The molecule has 27 heavy (non-hydrogen) atoms. The molecule has 1 aromatic heterocycles. The number of nitrogen functional groups attached to an aromatic ring is 1. The highest BCUT2D eigenvalue weighted by Crippen LogP contribution is 2.31. The summed E-state index contributed by atoms with van der Waals surface area (Å²) in [6.45, 7) is 2.01. The lowest BCUT2D eigenvalue weighted by Gasteiger charge is -2.07. The van der Waals surface area contributed by atoms with Crippen LogP contribution in [-0.2, 0) is 7.05 Å². The van der Waals surface area contributed by atoms with Crippen LogP contribution in [-0.4, -0.2) is 15.7 Å². The van der Waals surface area contributed by atoms with Crippen LogP contribution in [0.2, 0.25) is 0 Å². The number of aryl methyl sites for hydroxylation is 2. The molecule has 0 unspecified atom stereocenters. The van der Waals surface area contributed by atoms with Crippen molar-refractivity contribution >= 4 is 28.2 Å². The predicted molar refractivity (Wildman–Crippen MR) is 110 cm³/mol. The van der Waals surface area contributed by atoms with E-state index >= 15 is 0 Å². The summed E-state index contributed by atoms with van der Waals surface area (Å²) in [4.78, 5) is 12.7. The van der Waals surface area contributed by atoms with Crippen LogP contribution in [0, 0.1) is 6.92 Å². The number of carbonyl (C=O) groups excluding carboxylic acids is 1. The fraction of sp³-hybridized carbons (Fsp3) is 0.0909. The van der Waals surface area contributed by atoms with E-state index in [1.807, 2.05) is 85.4 Å². The normalized spacial score (nSPS) is 10.9. The smallest absolute Gasteiger partial charge is 0.255 e. The number of hydrogen-bond acceptors (Lipinski definition) is 3. The standard InChI is InChI=1S/C22H20N4O/c1-14-12-16(23)9-10-18(14)21-19-13-15(8-11-20(19)26(2)25-21)22(27)24-17-6-4-3-5-7-17/h3-13H,23H2,1-2H3,(H,24,27). The van der Waals surface area contributed by atoms with Crippen LogP contribution >= 0.6 is 0 Å². The van der Waals surface area contributed by atoms with Gasteiger partial charge in [-0.15, -0.1) is 0 Å². The summed E-state index contributed by atoms with van der Waals surface area (Å²) in [5, 5.41) is 8.54. The molecule has 0 atom stereocenters. The maximum atomic E-state index is 12.7. The van der Waals surface area contributed by atoms with Crippen molar-refractivity contribution in [1.29, 1.82) is 0 Å². The van der Waals surface area contributed by atoms with Crippen molar-refractivity contribution in [2.45, 2.75) is 6.92 Å². The van der Waals surface area contributed by atoms with Gasteiger partial charge in [-0.05, 0) is 55.0 Å². The monoisotopic (exact) mass is 356 g/mol. The third-order valence-corrected chi connectivity index (χ3v) is 4.65. The van der Waals surface area contributed by atoms with Gasteiger partial charge in [-0.1, -0.05) is 24.3 Å². The lowest BCUT2D eigenvalue weighted by atomic mass is 10.0. The summed E-state index contributed by atoms with van der Waals surface area (Å²) < 4.78 is 1.83.